The second kappa shape index (κ2) is 5.57. The molecule has 2 atom stereocenters. The maximum atomic E-state index is 12.3. The van der Waals surface area contributed by atoms with Crippen molar-refractivity contribution in [2.45, 2.75) is 50.5 Å². The fourth-order valence-corrected chi connectivity index (χ4v) is 4.29. The van der Waals surface area contributed by atoms with E-state index in [-0.39, 0.29) is 23.3 Å². The second-order valence-electron chi connectivity index (χ2n) is 5.37. The van der Waals surface area contributed by atoms with Gasteiger partial charge in [-0.3, -0.25) is 4.79 Å². The van der Waals surface area contributed by atoms with Crippen LogP contribution in [0, 0.1) is 19.8 Å². The zero-order valence-electron chi connectivity index (χ0n) is 11.5. The number of carboxylic acids is 1. The molecule has 112 valence electrons. The zero-order chi connectivity index (χ0) is 14.9. The van der Waals surface area contributed by atoms with E-state index in [2.05, 4.69) is 4.72 Å². The number of carboxylic acid groups (broad SMARTS) is 1. The fraction of sp³-hybridized carbons (Fsp3) is 0.615. The first kappa shape index (κ1) is 15.1. The molecular formula is C13H19NO5S. The summed E-state index contributed by atoms with van der Waals surface area (Å²) in [6, 6.07) is 1.31. The summed E-state index contributed by atoms with van der Waals surface area (Å²) in [5.74, 6) is 0.139. The van der Waals surface area contributed by atoms with Crippen LogP contribution in [0.3, 0.4) is 0 Å². The van der Waals surface area contributed by atoms with Crippen LogP contribution in [-0.4, -0.2) is 25.5 Å². The lowest BCUT2D eigenvalue weighted by Crippen LogP contribution is -2.33. The number of carbonyl (C=O) groups is 1. The third kappa shape index (κ3) is 3.40. The van der Waals surface area contributed by atoms with Crippen molar-refractivity contribution in [2.24, 2.45) is 5.92 Å². The van der Waals surface area contributed by atoms with Crippen LogP contribution in [0.4, 0.5) is 0 Å². The first-order chi connectivity index (χ1) is 9.28. The summed E-state index contributed by atoms with van der Waals surface area (Å²) in [6.45, 7) is 3.31. The van der Waals surface area contributed by atoms with E-state index in [9.17, 15) is 13.2 Å². The van der Waals surface area contributed by atoms with Gasteiger partial charge in [0.1, 0.15) is 16.4 Å². The largest absolute Gasteiger partial charge is 0.481 e. The van der Waals surface area contributed by atoms with Gasteiger partial charge in [0.05, 0.1) is 0 Å². The number of aryl methyl sites for hydroxylation is 2. The van der Waals surface area contributed by atoms with Crippen LogP contribution >= 0.6 is 0 Å². The van der Waals surface area contributed by atoms with E-state index in [1.165, 1.54) is 6.07 Å². The van der Waals surface area contributed by atoms with Crippen LogP contribution in [0.25, 0.3) is 0 Å². The van der Waals surface area contributed by atoms with Crippen molar-refractivity contribution >= 4 is 16.0 Å². The number of rotatable bonds is 5. The Kier molecular flexibility index (Phi) is 4.19. The molecule has 2 N–H and O–H groups in total. The SMILES string of the molecule is Cc1cc(S(=O)(=O)N[C@@H]2CC[C@H](CC(=O)O)C2)c(C)o1. The Labute approximate surface area is 118 Å². The number of nitrogens with one attached hydrogen (secondary N) is 1. The monoisotopic (exact) mass is 301 g/mol. The van der Waals surface area contributed by atoms with Gasteiger partial charge in [-0.05, 0) is 45.1 Å². The maximum Gasteiger partial charge on any atom is 0.303 e. The molecule has 0 bridgehead atoms. The lowest BCUT2D eigenvalue weighted by Gasteiger charge is -2.12. The van der Waals surface area contributed by atoms with Crippen LogP contribution < -0.4 is 4.72 Å². The Morgan fingerprint density at radius 1 is 1.45 bits per heavy atom. The molecule has 0 amide bonds. The van der Waals surface area contributed by atoms with Crippen molar-refractivity contribution in [1.82, 2.24) is 4.72 Å². The highest BCUT2D eigenvalue weighted by Crippen LogP contribution is 2.30. The van der Waals surface area contributed by atoms with E-state index >= 15 is 0 Å². The van der Waals surface area contributed by atoms with Gasteiger partial charge in [0, 0.05) is 12.5 Å². The smallest absolute Gasteiger partial charge is 0.303 e. The topological polar surface area (TPSA) is 96.6 Å². The highest BCUT2D eigenvalue weighted by molar-refractivity contribution is 7.89. The van der Waals surface area contributed by atoms with E-state index < -0.39 is 16.0 Å². The van der Waals surface area contributed by atoms with Gasteiger partial charge < -0.3 is 9.52 Å². The standard InChI is InChI=1S/C13H19NO5S/c1-8-5-12(9(2)19-8)20(17,18)14-11-4-3-10(6-11)7-13(15)16/h5,10-11,14H,3-4,6-7H2,1-2H3,(H,15,16)/t10-,11+/m0/s1. The molecule has 0 aliphatic heterocycles. The normalized spacial score (nSPS) is 23.1. The van der Waals surface area contributed by atoms with Gasteiger partial charge in [-0.25, -0.2) is 13.1 Å². The summed E-state index contributed by atoms with van der Waals surface area (Å²) in [7, 11) is -3.60. The molecule has 1 fully saturated rings. The maximum absolute atomic E-state index is 12.3. The van der Waals surface area contributed by atoms with Gasteiger partial charge in [0.15, 0.2) is 0 Å². The number of furan rings is 1. The number of sulfonamides is 1. The average Bonchev–Trinajstić information content (AvgIpc) is 2.84. The van der Waals surface area contributed by atoms with Crippen molar-refractivity contribution in [2.75, 3.05) is 0 Å². The van der Waals surface area contributed by atoms with Gasteiger partial charge in [0.25, 0.3) is 0 Å². The highest BCUT2D eigenvalue weighted by Gasteiger charge is 2.31. The predicted molar refractivity (Wildman–Crippen MR) is 71.9 cm³/mol. The Hall–Kier alpha value is -1.34. The van der Waals surface area contributed by atoms with Crippen LogP contribution in [-0.2, 0) is 14.8 Å². The minimum Gasteiger partial charge on any atom is -0.481 e. The van der Waals surface area contributed by atoms with Gasteiger partial charge in [-0.2, -0.15) is 0 Å². The Bertz CT molecular complexity index is 604. The minimum absolute atomic E-state index is 0.0485. The molecule has 7 heteroatoms. The van der Waals surface area contributed by atoms with Gasteiger partial charge >= 0.3 is 5.97 Å². The third-order valence-electron chi connectivity index (χ3n) is 3.61. The summed E-state index contributed by atoms with van der Waals surface area (Å²) >= 11 is 0. The van der Waals surface area contributed by atoms with Gasteiger partial charge in [-0.15, -0.1) is 0 Å². The lowest BCUT2D eigenvalue weighted by atomic mass is 10.0. The van der Waals surface area contributed by atoms with Crippen LogP contribution in [0.2, 0.25) is 0 Å². The van der Waals surface area contributed by atoms with E-state index in [0.717, 1.165) is 6.42 Å². The van der Waals surface area contributed by atoms with Crippen molar-refractivity contribution < 1.29 is 22.7 Å². The summed E-state index contributed by atoms with van der Waals surface area (Å²) in [6.07, 6.45) is 2.08. The zero-order valence-corrected chi connectivity index (χ0v) is 12.4. The molecule has 1 saturated carbocycles. The van der Waals surface area contributed by atoms with E-state index in [1.54, 1.807) is 13.8 Å². The fourth-order valence-electron chi connectivity index (χ4n) is 2.77. The quantitative estimate of drug-likeness (QED) is 0.864. The van der Waals surface area contributed by atoms with E-state index in [0.29, 0.717) is 24.4 Å². The van der Waals surface area contributed by atoms with Crippen LogP contribution in [0.1, 0.15) is 37.2 Å². The molecule has 0 spiro atoms. The number of aliphatic carboxylic acids is 1. The minimum atomic E-state index is -3.60. The molecule has 0 radical (unpaired) electrons. The molecule has 1 aromatic heterocycles. The first-order valence-corrected chi connectivity index (χ1v) is 8.07. The van der Waals surface area contributed by atoms with Crippen LogP contribution in [0.5, 0.6) is 0 Å². The average molecular weight is 301 g/mol. The van der Waals surface area contributed by atoms with Gasteiger partial charge in [0.2, 0.25) is 10.0 Å². The molecule has 1 heterocycles. The molecule has 1 aliphatic carbocycles. The molecule has 0 unspecified atom stereocenters. The lowest BCUT2D eigenvalue weighted by molar-refractivity contribution is -0.138. The van der Waals surface area contributed by atoms with Crippen LogP contribution in [0.15, 0.2) is 15.4 Å². The number of hydrogen-bond donors (Lipinski definition) is 2. The predicted octanol–water partition coefficient (Wildman–Crippen LogP) is 1.82. The first-order valence-electron chi connectivity index (χ1n) is 6.59. The molecular weight excluding hydrogens is 282 g/mol. The molecule has 2 rings (SSSR count). The Morgan fingerprint density at radius 3 is 2.70 bits per heavy atom. The summed E-state index contributed by atoms with van der Waals surface area (Å²) < 4.78 is 32.4. The van der Waals surface area contributed by atoms with Crippen molar-refractivity contribution in [3.63, 3.8) is 0 Å². The molecule has 0 saturated heterocycles. The highest BCUT2D eigenvalue weighted by atomic mass is 32.2. The van der Waals surface area contributed by atoms with E-state index in [1.807, 2.05) is 0 Å². The van der Waals surface area contributed by atoms with Crippen molar-refractivity contribution in [1.29, 1.82) is 0 Å². The molecule has 6 nitrogen and oxygen atoms in total. The summed E-state index contributed by atoms with van der Waals surface area (Å²) in [5.41, 5.74) is 0. The van der Waals surface area contributed by atoms with Crippen molar-refractivity contribution in [3.05, 3.63) is 17.6 Å². The third-order valence-corrected chi connectivity index (χ3v) is 5.24. The Balaban J connectivity index is 2.03. The van der Waals surface area contributed by atoms with E-state index in [4.69, 9.17) is 9.52 Å². The summed E-state index contributed by atoms with van der Waals surface area (Å²) in [4.78, 5) is 10.8. The molecule has 1 aromatic rings. The Morgan fingerprint density at radius 2 is 2.15 bits per heavy atom. The molecule has 20 heavy (non-hydrogen) atoms. The second-order valence-corrected chi connectivity index (χ2v) is 7.06. The molecule has 1 aliphatic rings. The number of hydrogen-bond acceptors (Lipinski definition) is 4. The van der Waals surface area contributed by atoms with Gasteiger partial charge in [-0.1, -0.05) is 0 Å². The summed E-state index contributed by atoms with van der Waals surface area (Å²) in [5, 5.41) is 8.76. The van der Waals surface area contributed by atoms with Crippen molar-refractivity contribution in [3.8, 4) is 0 Å². The molecule has 0 aromatic carbocycles.